The van der Waals surface area contributed by atoms with Crippen molar-refractivity contribution in [3.05, 3.63) is 24.3 Å². The molecule has 0 aromatic rings. The largest absolute Gasteiger partial charge is 0.392 e. The van der Waals surface area contributed by atoms with Crippen LogP contribution in [0.3, 0.4) is 0 Å². The van der Waals surface area contributed by atoms with Gasteiger partial charge in [0, 0.05) is 0 Å². The van der Waals surface area contributed by atoms with Crippen LogP contribution in [0.2, 0.25) is 0 Å². The molecule has 58 valence electrons. The van der Waals surface area contributed by atoms with E-state index in [2.05, 4.69) is 19.6 Å². The molecule has 1 nitrogen and oxygen atoms in total. The summed E-state index contributed by atoms with van der Waals surface area (Å²) in [4.78, 5) is 0. The third-order valence-corrected chi connectivity index (χ3v) is 1.36. The molecule has 0 saturated heterocycles. The van der Waals surface area contributed by atoms with E-state index in [4.69, 9.17) is 5.11 Å². The van der Waals surface area contributed by atoms with Gasteiger partial charge in [0.1, 0.15) is 0 Å². The number of aliphatic hydroxyl groups is 1. The molecular weight excluding hydrogens is 124 g/mol. The highest BCUT2D eigenvalue weighted by Crippen LogP contribution is 2.06. The third-order valence-electron chi connectivity index (χ3n) is 1.36. The highest BCUT2D eigenvalue weighted by atomic mass is 16.3. The first kappa shape index (κ1) is 9.44. The van der Waals surface area contributed by atoms with Gasteiger partial charge in [-0.05, 0) is 19.3 Å². The highest BCUT2D eigenvalue weighted by Gasteiger charge is 1.93. The smallest absolute Gasteiger partial charge is 0.0639 e. The van der Waals surface area contributed by atoms with Crippen LogP contribution in [0.1, 0.15) is 20.3 Å². The number of aliphatic hydroxyl groups excluding tert-OH is 1. The lowest BCUT2D eigenvalue weighted by Crippen LogP contribution is -1.91. The van der Waals surface area contributed by atoms with Crippen LogP contribution in [-0.4, -0.2) is 11.7 Å². The molecule has 0 spiro atoms. The second kappa shape index (κ2) is 5.24. The van der Waals surface area contributed by atoms with E-state index in [-0.39, 0.29) is 6.61 Å². The minimum atomic E-state index is 0.168. The van der Waals surface area contributed by atoms with Gasteiger partial charge in [-0.25, -0.2) is 0 Å². The molecule has 10 heavy (non-hydrogen) atoms. The molecule has 0 unspecified atom stereocenters. The molecule has 0 amide bonds. The average molecular weight is 140 g/mol. The minimum Gasteiger partial charge on any atom is -0.392 e. The normalized spacial score (nSPS) is 14.9. The van der Waals surface area contributed by atoms with Crippen molar-refractivity contribution in [2.75, 3.05) is 6.61 Å². The molecule has 0 fully saturated rings. The Kier molecular flexibility index (Phi) is 4.95. The number of allylic oxidation sites excluding steroid dienone is 2. The standard InChI is InChI=1S/C9H16O/c1-4-5-8(2)6-9(3)7-10/h4,6,8,10H,1,5,7H2,2-3H3/b9-6+/t8-/m0/s1. The second-order valence-corrected chi connectivity index (χ2v) is 2.67. The maximum absolute atomic E-state index is 8.66. The van der Waals surface area contributed by atoms with E-state index < -0.39 is 0 Å². The van der Waals surface area contributed by atoms with Gasteiger partial charge in [-0.15, -0.1) is 6.58 Å². The molecule has 0 aliphatic carbocycles. The van der Waals surface area contributed by atoms with Crippen LogP contribution in [0.5, 0.6) is 0 Å². The van der Waals surface area contributed by atoms with Gasteiger partial charge >= 0.3 is 0 Å². The van der Waals surface area contributed by atoms with Gasteiger partial charge in [0.15, 0.2) is 0 Å². The molecule has 0 aromatic carbocycles. The summed E-state index contributed by atoms with van der Waals surface area (Å²) in [6.07, 6.45) is 4.95. The van der Waals surface area contributed by atoms with Crippen molar-refractivity contribution in [3.8, 4) is 0 Å². The fraction of sp³-hybridized carbons (Fsp3) is 0.556. The zero-order chi connectivity index (χ0) is 7.98. The molecule has 0 radical (unpaired) electrons. The van der Waals surface area contributed by atoms with E-state index in [0.717, 1.165) is 12.0 Å². The monoisotopic (exact) mass is 140 g/mol. The van der Waals surface area contributed by atoms with E-state index in [9.17, 15) is 0 Å². The Bertz CT molecular complexity index is 125. The van der Waals surface area contributed by atoms with Gasteiger partial charge in [0.05, 0.1) is 6.61 Å². The first-order chi connectivity index (χ1) is 4.70. The Labute approximate surface area is 63.1 Å². The number of hydrogen-bond acceptors (Lipinski definition) is 1. The topological polar surface area (TPSA) is 20.2 Å². The van der Waals surface area contributed by atoms with Crippen LogP contribution in [0.15, 0.2) is 24.3 Å². The summed E-state index contributed by atoms with van der Waals surface area (Å²) in [5, 5.41) is 8.66. The average Bonchev–Trinajstić information content (AvgIpc) is 1.88. The Hall–Kier alpha value is -0.560. The van der Waals surface area contributed by atoms with Crippen molar-refractivity contribution in [2.24, 2.45) is 5.92 Å². The van der Waals surface area contributed by atoms with Crippen LogP contribution >= 0.6 is 0 Å². The van der Waals surface area contributed by atoms with Gasteiger partial charge in [0.2, 0.25) is 0 Å². The van der Waals surface area contributed by atoms with E-state index in [1.807, 2.05) is 13.0 Å². The van der Waals surface area contributed by atoms with E-state index in [1.165, 1.54) is 0 Å². The SMILES string of the molecule is C=CC[C@H](C)/C=C(\C)CO. The predicted octanol–water partition coefficient (Wildman–Crippen LogP) is 2.14. The summed E-state index contributed by atoms with van der Waals surface area (Å²) in [6, 6.07) is 0. The maximum atomic E-state index is 8.66. The molecule has 0 saturated carbocycles. The van der Waals surface area contributed by atoms with Crippen LogP contribution in [0, 0.1) is 5.92 Å². The third kappa shape index (κ3) is 4.33. The zero-order valence-corrected chi connectivity index (χ0v) is 6.80. The highest BCUT2D eigenvalue weighted by molar-refractivity contribution is 5.01. The van der Waals surface area contributed by atoms with Gasteiger partial charge in [0.25, 0.3) is 0 Å². The Morgan fingerprint density at radius 3 is 2.70 bits per heavy atom. The molecule has 0 aromatic heterocycles. The summed E-state index contributed by atoms with van der Waals surface area (Å²) >= 11 is 0. The zero-order valence-electron chi connectivity index (χ0n) is 6.80. The molecule has 0 rings (SSSR count). The van der Waals surface area contributed by atoms with Crippen molar-refractivity contribution in [3.63, 3.8) is 0 Å². The van der Waals surface area contributed by atoms with Gasteiger partial charge in [-0.3, -0.25) is 0 Å². The van der Waals surface area contributed by atoms with Crippen molar-refractivity contribution >= 4 is 0 Å². The van der Waals surface area contributed by atoms with Crippen molar-refractivity contribution in [1.82, 2.24) is 0 Å². The van der Waals surface area contributed by atoms with E-state index in [1.54, 1.807) is 0 Å². The Morgan fingerprint density at radius 1 is 1.70 bits per heavy atom. The van der Waals surface area contributed by atoms with Gasteiger partial charge in [-0.1, -0.05) is 24.6 Å². The molecule has 1 N–H and O–H groups in total. The summed E-state index contributed by atoms with van der Waals surface area (Å²) < 4.78 is 0. The first-order valence-corrected chi connectivity index (χ1v) is 3.59. The Morgan fingerprint density at radius 2 is 2.30 bits per heavy atom. The van der Waals surface area contributed by atoms with Crippen molar-refractivity contribution < 1.29 is 5.11 Å². The molecule has 0 heterocycles. The number of rotatable bonds is 4. The van der Waals surface area contributed by atoms with Crippen molar-refractivity contribution in [1.29, 1.82) is 0 Å². The summed E-state index contributed by atoms with van der Waals surface area (Å²) in [6.45, 7) is 7.85. The first-order valence-electron chi connectivity index (χ1n) is 3.59. The maximum Gasteiger partial charge on any atom is 0.0639 e. The van der Waals surface area contributed by atoms with Crippen LogP contribution in [-0.2, 0) is 0 Å². The minimum absolute atomic E-state index is 0.168. The fourth-order valence-electron chi connectivity index (χ4n) is 0.869. The lowest BCUT2D eigenvalue weighted by atomic mass is 10.1. The van der Waals surface area contributed by atoms with Crippen LogP contribution < -0.4 is 0 Å². The van der Waals surface area contributed by atoms with Crippen LogP contribution in [0.25, 0.3) is 0 Å². The lowest BCUT2D eigenvalue weighted by Gasteiger charge is -2.02. The van der Waals surface area contributed by atoms with E-state index in [0.29, 0.717) is 5.92 Å². The van der Waals surface area contributed by atoms with Crippen molar-refractivity contribution in [2.45, 2.75) is 20.3 Å². The second-order valence-electron chi connectivity index (χ2n) is 2.67. The molecule has 0 aliphatic rings. The molecule has 0 bridgehead atoms. The Balaban J connectivity index is 3.73. The summed E-state index contributed by atoms with van der Waals surface area (Å²) in [7, 11) is 0. The van der Waals surface area contributed by atoms with Gasteiger partial charge < -0.3 is 5.11 Å². The van der Waals surface area contributed by atoms with E-state index >= 15 is 0 Å². The van der Waals surface area contributed by atoms with Crippen LogP contribution in [0.4, 0.5) is 0 Å². The molecule has 0 aliphatic heterocycles. The number of hydrogen-bond donors (Lipinski definition) is 1. The molecule has 1 atom stereocenters. The molecule has 1 heteroatoms. The fourth-order valence-corrected chi connectivity index (χ4v) is 0.869. The summed E-state index contributed by atoms with van der Waals surface area (Å²) in [5.41, 5.74) is 1.04. The quantitative estimate of drug-likeness (QED) is 0.593. The molecular formula is C9H16O. The summed E-state index contributed by atoms with van der Waals surface area (Å²) in [5.74, 6) is 0.504. The van der Waals surface area contributed by atoms with Gasteiger partial charge in [-0.2, -0.15) is 0 Å². The lowest BCUT2D eigenvalue weighted by molar-refractivity contribution is 0.330. The predicted molar refractivity (Wildman–Crippen MR) is 44.8 cm³/mol.